The molecule has 2 atom stereocenters. The van der Waals surface area contributed by atoms with Crippen molar-refractivity contribution in [3.05, 3.63) is 71.9 Å². The van der Waals surface area contributed by atoms with Crippen LogP contribution in [0.25, 0.3) is 10.8 Å². The van der Waals surface area contributed by atoms with Crippen LogP contribution in [0.1, 0.15) is 12.0 Å². The van der Waals surface area contributed by atoms with Gasteiger partial charge in [0, 0.05) is 18.1 Å². The van der Waals surface area contributed by atoms with Crippen molar-refractivity contribution in [1.82, 2.24) is 15.6 Å². The first kappa shape index (κ1) is 25.9. The van der Waals surface area contributed by atoms with E-state index in [-0.39, 0.29) is 37.8 Å². The van der Waals surface area contributed by atoms with Crippen molar-refractivity contribution in [3.63, 3.8) is 0 Å². The fraction of sp³-hybridized carbons (Fsp3) is 0.292. The summed E-state index contributed by atoms with van der Waals surface area (Å²) in [5.41, 5.74) is 0.662. The number of nitrogens with zero attached hydrogens (tertiary/aromatic N) is 1. The third kappa shape index (κ3) is 8.56. The smallest absolute Gasteiger partial charge is 0.412 e. The first-order valence-electron chi connectivity index (χ1n) is 10.8. The van der Waals surface area contributed by atoms with Crippen molar-refractivity contribution in [2.24, 2.45) is 0 Å². The Morgan fingerprint density at radius 2 is 1.86 bits per heavy atom. The average Bonchev–Trinajstić information content (AvgIpc) is 2.82. The molecule has 3 aromatic rings. The molecule has 2 aromatic carbocycles. The minimum Gasteiger partial charge on any atom is -0.447 e. The summed E-state index contributed by atoms with van der Waals surface area (Å²) in [6.45, 7) is -0.669. The summed E-state index contributed by atoms with van der Waals surface area (Å²) in [7, 11) is 0. The van der Waals surface area contributed by atoms with E-state index in [0.717, 1.165) is 0 Å². The van der Waals surface area contributed by atoms with Gasteiger partial charge < -0.3 is 25.6 Å². The number of ether oxygens (including phenoxy) is 1. The molecule has 1 heterocycles. The van der Waals surface area contributed by atoms with Gasteiger partial charge in [0.15, 0.2) is 0 Å². The van der Waals surface area contributed by atoms with Gasteiger partial charge in [-0.15, -0.1) is 0 Å². The van der Waals surface area contributed by atoms with Crippen LogP contribution in [0.3, 0.4) is 0 Å². The quantitative estimate of drug-likeness (QED) is 0.279. The van der Waals surface area contributed by atoms with E-state index >= 15 is 0 Å². The number of pyridine rings is 1. The number of nitrogens with one attached hydrogen (secondary N) is 3. The number of rotatable bonds is 11. The van der Waals surface area contributed by atoms with Crippen LogP contribution < -0.4 is 16.0 Å². The number of aromatic nitrogens is 1. The van der Waals surface area contributed by atoms with Gasteiger partial charge in [0.1, 0.15) is 24.1 Å². The van der Waals surface area contributed by atoms with E-state index < -0.39 is 36.6 Å². The second-order valence-electron chi connectivity index (χ2n) is 7.85. The molecular formula is C24H26F2N4O5. The predicted octanol–water partition coefficient (Wildman–Crippen LogP) is 2.08. The first-order chi connectivity index (χ1) is 16.8. The number of carbonyl (C=O) groups excluding carboxylic acids is 2. The van der Waals surface area contributed by atoms with Crippen LogP contribution >= 0.6 is 0 Å². The SMILES string of the molecule is O=C(CNCc1cccc(F)c1)N[C@H](COC(=O)Nc1cc2cc(F)ccc2cn1)CC(O)CO. The topological polar surface area (TPSA) is 133 Å². The van der Waals surface area contributed by atoms with Gasteiger partial charge in [-0.3, -0.25) is 10.1 Å². The number of aliphatic hydroxyl groups is 2. The zero-order valence-corrected chi connectivity index (χ0v) is 18.7. The van der Waals surface area contributed by atoms with Crippen LogP contribution in [-0.2, 0) is 16.1 Å². The maximum atomic E-state index is 13.4. The van der Waals surface area contributed by atoms with Gasteiger partial charge in [0.2, 0.25) is 5.91 Å². The zero-order valence-electron chi connectivity index (χ0n) is 18.7. The van der Waals surface area contributed by atoms with Crippen molar-refractivity contribution in [3.8, 4) is 0 Å². The molecule has 0 fully saturated rings. The van der Waals surface area contributed by atoms with E-state index in [2.05, 4.69) is 20.9 Å². The Bertz CT molecular complexity index is 1160. The molecule has 0 aliphatic carbocycles. The molecule has 0 saturated carbocycles. The summed E-state index contributed by atoms with van der Waals surface area (Å²) in [5.74, 6) is -1.11. The van der Waals surface area contributed by atoms with Gasteiger partial charge in [0.05, 0.1) is 25.3 Å². The number of benzene rings is 2. The first-order valence-corrected chi connectivity index (χ1v) is 10.8. The van der Waals surface area contributed by atoms with Crippen LogP contribution in [0.4, 0.5) is 19.4 Å². The number of fused-ring (bicyclic) bond motifs is 1. The van der Waals surface area contributed by atoms with Gasteiger partial charge in [-0.2, -0.15) is 0 Å². The molecule has 1 unspecified atom stereocenters. The fourth-order valence-corrected chi connectivity index (χ4v) is 3.31. The average molecular weight is 488 g/mol. The van der Waals surface area contributed by atoms with Crippen molar-refractivity contribution in [2.45, 2.75) is 25.1 Å². The molecule has 1 aromatic heterocycles. The van der Waals surface area contributed by atoms with Gasteiger partial charge in [-0.1, -0.05) is 12.1 Å². The van der Waals surface area contributed by atoms with Crippen LogP contribution in [-0.4, -0.2) is 59.1 Å². The van der Waals surface area contributed by atoms with Gasteiger partial charge in [-0.25, -0.2) is 18.6 Å². The number of hydrogen-bond donors (Lipinski definition) is 5. The Labute approximate surface area is 200 Å². The predicted molar refractivity (Wildman–Crippen MR) is 124 cm³/mol. The molecule has 5 N–H and O–H groups in total. The van der Waals surface area contributed by atoms with E-state index in [0.29, 0.717) is 16.3 Å². The number of carbonyl (C=O) groups is 2. The molecule has 0 saturated heterocycles. The monoisotopic (exact) mass is 488 g/mol. The Hall–Kier alpha value is -3.67. The molecule has 0 radical (unpaired) electrons. The van der Waals surface area contributed by atoms with E-state index in [4.69, 9.17) is 9.84 Å². The summed E-state index contributed by atoms with van der Waals surface area (Å²) in [4.78, 5) is 28.6. The van der Waals surface area contributed by atoms with Crippen molar-refractivity contribution < 1.29 is 33.3 Å². The lowest BCUT2D eigenvalue weighted by molar-refractivity contribution is -0.121. The Kier molecular flexibility index (Phi) is 9.41. The lowest BCUT2D eigenvalue weighted by Crippen LogP contribution is -2.45. The number of aliphatic hydroxyl groups excluding tert-OH is 2. The molecule has 186 valence electrons. The molecule has 0 aliphatic heterocycles. The number of halogens is 2. The number of anilines is 1. The molecule has 9 nitrogen and oxygen atoms in total. The normalized spacial score (nSPS) is 12.7. The molecule has 0 bridgehead atoms. The lowest BCUT2D eigenvalue weighted by atomic mass is 10.1. The van der Waals surface area contributed by atoms with E-state index in [1.807, 2.05) is 0 Å². The molecular weight excluding hydrogens is 462 g/mol. The summed E-state index contributed by atoms with van der Waals surface area (Å²) in [6, 6.07) is 10.8. The highest BCUT2D eigenvalue weighted by Crippen LogP contribution is 2.18. The van der Waals surface area contributed by atoms with E-state index in [1.165, 1.54) is 36.5 Å². The summed E-state index contributed by atoms with van der Waals surface area (Å²) in [5, 5.41) is 28.0. The summed E-state index contributed by atoms with van der Waals surface area (Å²) < 4.78 is 31.8. The van der Waals surface area contributed by atoms with Gasteiger partial charge in [0.25, 0.3) is 0 Å². The second kappa shape index (κ2) is 12.7. The molecule has 0 aliphatic rings. The third-order valence-electron chi connectivity index (χ3n) is 4.97. The number of hydrogen-bond acceptors (Lipinski definition) is 7. The minimum atomic E-state index is -1.13. The van der Waals surface area contributed by atoms with Crippen molar-refractivity contribution >= 4 is 28.6 Å². The zero-order chi connectivity index (χ0) is 25.2. The Balaban J connectivity index is 1.50. The highest BCUT2D eigenvalue weighted by Gasteiger charge is 2.19. The van der Waals surface area contributed by atoms with Crippen LogP contribution in [0.15, 0.2) is 54.7 Å². The van der Waals surface area contributed by atoms with Gasteiger partial charge in [-0.05, 0) is 53.8 Å². The van der Waals surface area contributed by atoms with Crippen LogP contribution in [0.5, 0.6) is 0 Å². The highest BCUT2D eigenvalue weighted by atomic mass is 19.1. The maximum Gasteiger partial charge on any atom is 0.412 e. The largest absolute Gasteiger partial charge is 0.447 e. The Morgan fingerprint density at radius 3 is 2.63 bits per heavy atom. The standard InChI is InChI=1S/C24H26F2N4O5/c25-18-3-1-2-15(6-18)10-27-12-23(33)29-20(9-21(32)13-31)14-35-24(34)30-22-8-17-7-19(26)5-4-16(17)11-28-22/h1-8,11,20-21,27,31-32H,9-10,12-14H2,(H,29,33)(H,28,30,34)/t20-,21?/m0/s1. The molecule has 35 heavy (non-hydrogen) atoms. The third-order valence-corrected chi connectivity index (χ3v) is 4.97. The number of amides is 2. The Morgan fingerprint density at radius 1 is 1.06 bits per heavy atom. The molecule has 3 rings (SSSR count). The second-order valence-corrected chi connectivity index (χ2v) is 7.85. The van der Waals surface area contributed by atoms with E-state index in [1.54, 1.807) is 18.2 Å². The molecule has 2 amide bonds. The van der Waals surface area contributed by atoms with Crippen LogP contribution in [0, 0.1) is 11.6 Å². The maximum absolute atomic E-state index is 13.4. The molecule has 0 spiro atoms. The van der Waals surface area contributed by atoms with Crippen LogP contribution in [0.2, 0.25) is 0 Å². The van der Waals surface area contributed by atoms with Gasteiger partial charge >= 0.3 is 6.09 Å². The highest BCUT2D eigenvalue weighted by molar-refractivity contribution is 5.89. The van der Waals surface area contributed by atoms with E-state index in [9.17, 15) is 23.5 Å². The minimum absolute atomic E-state index is 0.0626. The van der Waals surface area contributed by atoms with Crippen molar-refractivity contribution in [2.75, 3.05) is 25.1 Å². The summed E-state index contributed by atoms with van der Waals surface area (Å²) >= 11 is 0. The lowest BCUT2D eigenvalue weighted by Gasteiger charge is -2.21. The summed E-state index contributed by atoms with van der Waals surface area (Å²) in [6.07, 6.45) is -0.589. The molecule has 11 heteroatoms. The van der Waals surface area contributed by atoms with Crippen molar-refractivity contribution in [1.29, 1.82) is 0 Å². The fourth-order valence-electron chi connectivity index (χ4n) is 3.31.